The van der Waals surface area contributed by atoms with E-state index >= 15 is 0 Å². The predicted molar refractivity (Wildman–Crippen MR) is 74.3 cm³/mol. The monoisotopic (exact) mass is 269 g/mol. The maximum absolute atomic E-state index is 13.4. The van der Waals surface area contributed by atoms with E-state index in [1.165, 1.54) is 6.07 Å². The van der Waals surface area contributed by atoms with Gasteiger partial charge in [-0.05, 0) is 38.9 Å². The summed E-state index contributed by atoms with van der Waals surface area (Å²) in [7, 11) is 4.12. The van der Waals surface area contributed by atoms with Gasteiger partial charge in [-0.15, -0.1) is 0 Å². The molecule has 1 saturated heterocycles. The van der Waals surface area contributed by atoms with E-state index in [2.05, 4.69) is 19.0 Å². The first kappa shape index (κ1) is 14.1. The normalized spacial score (nSPS) is 17.2. The Labute approximate surface area is 113 Å². The van der Waals surface area contributed by atoms with Crippen LogP contribution in [0.4, 0.5) is 20.2 Å². The second kappa shape index (κ2) is 5.74. The smallest absolute Gasteiger partial charge is 0.151 e. The molecule has 0 unspecified atom stereocenters. The third kappa shape index (κ3) is 3.35. The summed E-state index contributed by atoms with van der Waals surface area (Å²) in [5.41, 5.74) is 6.24. The third-order valence-corrected chi connectivity index (χ3v) is 3.65. The van der Waals surface area contributed by atoms with Crippen LogP contribution in [0.2, 0.25) is 0 Å². The lowest BCUT2D eigenvalue weighted by Crippen LogP contribution is -2.37. The van der Waals surface area contributed by atoms with Crippen LogP contribution in [0.3, 0.4) is 0 Å². The Hall–Kier alpha value is -1.36. The molecule has 0 atom stereocenters. The minimum Gasteiger partial charge on any atom is -0.395 e. The van der Waals surface area contributed by atoms with Crippen molar-refractivity contribution in [3.05, 3.63) is 23.8 Å². The highest BCUT2D eigenvalue weighted by Crippen LogP contribution is 2.30. The Morgan fingerprint density at radius 1 is 1.26 bits per heavy atom. The number of halogens is 2. The number of nitrogen functional groups attached to an aromatic ring is 1. The van der Waals surface area contributed by atoms with E-state index in [1.807, 2.05) is 4.90 Å². The van der Waals surface area contributed by atoms with Crippen LogP contribution in [0.15, 0.2) is 12.1 Å². The van der Waals surface area contributed by atoms with Crippen LogP contribution in [0.5, 0.6) is 0 Å². The van der Waals surface area contributed by atoms with Gasteiger partial charge in [0.25, 0.3) is 0 Å². The van der Waals surface area contributed by atoms with E-state index in [0.29, 0.717) is 11.6 Å². The van der Waals surface area contributed by atoms with Crippen LogP contribution in [0, 0.1) is 17.6 Å². The van der Waals surface area contributed by atoms with Crippen LogP contribution in [0.1, 0.15) is 12.8 Å². The average Bonchev–Trinajstić information content (AvgIpc) is 2.34. The van der Waals surface area contributed by atoms with Gasteiger partial charge in [-0.2, -0.15) is 0 Å². The lowest BCUT2D eigenvalue weighted by atomic mass is 9.96. The molecule has 0 aromatic heterocycles. The molecule has 106 valence electrons. The Morgan fingerprint density at radius 2 is 1.89 bits per heavy atom. The molecule has 0 aliphatic carbocycles. The topological polar surface area (TPSA) is 32.5 Å². The van der Waals surface area contributed by atoms with Gasteiger partial charge in [0.15, 0.2) is 5.82 Å². The average molecular weight is 269 g/mol. The number of nitrogens with two attached hydrogens (primary N) is 1. The highest BCUT2D eigenvalue weighted by Gasteiger charge is 2.22. The van der Waals surface area contributed by atoms with Gasteiger partial charge in [-0.25, -0.2) is 8.78 Å². The van der Waals surface area contributed by atoms with Crippen LogP contribution >= 0.6 is 0 Å². The van der Waals surface area contributed by atoms with Gasteiger partial charge in [0.1, 0.15) is 5.82 Å². The third-order valence-electron chi connectivity index (χ3n) is 3.65. The van der Waals surface area contributed by atoms with Crippen LogP contribution in [0.25, 0.3) is 0 Å². The maximum Gasteiger partial charge on any atom is 0.151 e. The van der Waals surface area contributed by atoms with Crippen molar-refractivity contribution in [1.29, 1.82) is 0 Å². The summed E-state index contributed by atoms with van der Waals surface area (Å²) < 4.78 is 26.7. The molecule has 1 heterocycles. The molecule has 0 bridgehead atoms. The zero-order valence-corrected chi connectivity index (χ0v) is 11.5. The zero-order valence-electron chi connectivity index (χ0n) is 11.5. The number of benzene rings is 1. The van der Waals surface area contributed by atoms with Gasteiger partial charge in [0.05, 0.1) is 11.4 Å². The van der Waals surface area contributed by atoms with E-state index in [9.17, 15) is 8.78 Å². The van der Waals surface area contributed by atoms with Crippen molar-refractivity contribution in [3.63, 3.8) is 0 Å². The predicted octanol–water partition coefficient (Wildman–Crippen LogP) is 2.33. The molecule has 5 heteroatoms. The van der Waals surface area contributed by atoms with Crippen molar-refractivity contribution >= 4 is 11.4 Å². The van der Waals surface area contributed by atoms with Gasteiger partial charge in [-0.3, -0.25) is 0 Å². The molecule has 2 rings (SSSR count). The van der Waals surface area contributed by atoms with Crippen molar-refractivity contribution in [2.24, 2.45) is 5.92 Å². The minimum absolute atomic E-state index is 0.0486. The molecule has 1 aliphatic heterocycles. The van der Waals surface area contributed by atoms with Gasteiger partial charge in [0, 0.05) is 25.7 Å². The fourth-order valence-electron chi connectivity index (χ4n) is 2.71. The summed E-state index contributed by atoms with van der Waals surface area (Å²) >= 11 is 0. The Morgan fingerprint density at radius 3 is 2.47 bits per heavy atom. The van der Waals surface area contributed by atoms with Crippen molar-refractivity contribution < 1.29 is 8.78 Å². The van der Waals surface area contributed by atoms with E-state index in [-0.39, 0.29) is 5.69 Å². The molecule has 1 aromatic carbocycles. The van der Waals surface area contributed by atoms with Crippen molar-refractivity contribution in [1.82, 2.24) is 4.90 Å². The molecule has 1 fully saturated rings. The summed E-state index contributed by atoms with van der Waals surface area (Å²) in [6.45, 7) is 2.65. The number of piperidine rings is 1. The van der Waals surface area contributed by atoms with Gasteiger partial charge in [-0.1, -0.05) is 0 Å². The van der Waals surface area contributed by atoms with E-state index < -0.39 is 11.6 Å². The van der Waals surface area contributed by atoms with Crippen LogP contribution in [-0.2, 0) is 0 Å². The molecule has 1 aliphatic rings. The summed E-state index contributed by atoms with van der Waals surface area (Å²) in [5.74, 6) is -0.603. The van der Waals surface area contributed by atoms with Gasteiger partial charge < -0.3 is 15.5 Å². The second-order valence-corrected chi connectivity index (χ2v) is 5.51. The highest BCUT2D eigenvalue weighted by atomic mass is 19.1. The second-order valence-electron chi connectivity index (χ2n) is 5.51. The summed E-state index contributed by atoms with van der Waals surface area (Å²) in [4.78, 5) is 4.16. The number of hydrogen-bond acceptors (Lipinski definition) is 3. The van der Waals surface area contributed by atoms with Gasteiger partial charge in [0.2, 0.25) is 0 Å². The summed E-state index contributed by atoms with van der Waals surface area (Å²) in [6, 6.07) is 2.16. The molecular weight excluding hydrogens is 248 g/mol. The first-order valence-electron chi connectivity index (χ1n) is 6.61. The van der Waals surface area contributed by atoms with E-state index in [4.69, 9.17) is 5.73 Å². The summed E-state index contributed by atoms with van der Waals surface area (Å²) in [5, 5.41) is 0. The molecular formula is C14H21F2N3. The Bertz CT molecular complexity index is 441. The quantitative estimate of drug-likeness (QED) is 0.855. The Kier molecular flexibility index (Phi) is 4.24. The largest absolute Gasteiger partial charge is 0.395 e. The van der Waals surface area contributed by atoms with Crippen LogP contribution < -0.4 is 10.6 Å². The van der Waals surface area contributed by atoms with E-state index in [1.54, 1.807) is 0 Å². The highest BCUT2D eigenvalue weighted by molar-refractivity contribution is 5.68. The lowest BCUT2D eigenvalue weighted by molar-refractivity contribution is 0.285. The molecule has 0 amide bonds. The Balaban J connectivity index is 2.05. The minimum atomic E-state index is -0.676. The zero-order chi connectivity index (χ0) is 14.0. The maximum atomic E-state index is 13.4. The SMILES string of the molecule is CN(C)CC1CCN(c2cc(F)cc(F)c2N)CC1. The van der Waals surface area contributed by atoms with Crippen molar-refractivity contribution in [2.45, 2.75) is 12.8 Å². The lowest BCUT2D eigenvalue weighted by Gasteiger charge is -2.35. The molecule has 0 radical (unpaired) electrons. The first-order valence-corrected chi connectivity index (χ1v) is 6.61. The molecule has 0 spiro atoms. The van der Waals surface area contributed by atoms with Crippen molar-refractivity contribution in [2.75, 3.05) is 44.4 Å². The van der Waals surface area contributed by atoms with Crippen LogP contribution in [-0.4, -0.2) is 38.6 Å². The molecule has 1 aromatic rings. The molecule has 3 nitrogen and oxygen atoms in total. The standard InChI is InChI=1S/C14H21F2N3/c1-18(2)9-10-3-5-19(6-4-10)13-8-11(15)7-12(16)14(13)17/h7-8,10H,3-6,9,17H2,1-2H3. The fourth-order valence-corrected chi connectivity index (χ4v) is 2.71. The van der Waals surface area contributed by atoms with Crippen molar-refractivity contribution in [3.8, 4) is 0 Å². The molecule has 0 saturated carbocycles. The molecule has 19 heavy (non-hydrogen) atoms. The van der Waals surface area contributed by atoms with Gasteiger partial charge >= 0.3 is 0 Å². The first-order chi connectivity index (χ1) is 8.97. The van der Waals surface area contributed by atoms with E-state index in [0.717, 1.165) is 38.5 Å². The number of nitrogens with zero attached hydrogens (tertiary/aromatic N) is 2. The fraction of sp³-hybridized carbons (Fsp3) is 0.571. The molecule has 2 N–H and O–H groups in total. The summed E-state index contributed by atoms with van der Waals surface area (Å²) in [6.07, 6.45) is 2.05. The number of hydrogen-bond donors (Lipinski definition) is 1. The number of rotatable bonds is 3. The number of anilines is 2.